The van der Waals surface area contributed by atoms with Crippen molar-refractivity contribution in [2.24, 2.45) is 7.05 Å². The van der Waals surface area contributed by atoms with Gasteiger partial charge in [0.25, 0.3) is 5.91 Å². The van der Waals surface area contributed by atoms with Crippen molar-refractivity contribution in [2.45, 2.75) is 13.5 Å². The Kier molecular flexibility index (Phi) is 7.41. The molecule has 41 heavy (non-hydrogen) atoms. The van der Waals surface area contributed by atoms with Gasteiger partial charge in [0.05, 0.1) is 6.20 Å². The summed E-state index contributed by atoms with van der Waals surface area (Å²) in [6, 6.07) is 16.8. The fraction of sp³-hybridized carbons (Fsp3) is 0.258. The maximum absolute atomic E-state index is 13.2. The number of pyridine rings is 1. The van der Waals surface area contributed by atoms with E-state index in [1.54, 1.807) is 47.5 Å². The van der Waals surface area contributed by atoms with Crippen LogP contribution in [0.4, 0.5) is 5.69 Å². The van der Waals surface area contributed by atoms with Gasteiger partial charge in [0.1, 0.15) is 11.1 Å². The fourth-order valence-corrected chi connectivity index (χ4v) is 4.92. The number of benzene rings is 2. The molecule has 2 aromatic carbocycles. The summed E-state index contributed by atoms with van der Waals surface area (Å²) in [5.41, 5.74) is 5.13. The SMILES string of the molecule is Cc1cc(NC(=O)c2cccc(Oc3nc(-c4ccncc4)nc4c3cnn4C)c2)ccc1CN1CCN(C)CC1. The van der Waals surface area contributed by atoms with E-state index in [-0.39, 0.29) is 5.91 Å². The summed E-state index contributed by atoms with van der Waals surface area (Å²) in [6.45, 7) is 7.33. The average molecular weight is 549 g/mol. The number of nitrogens with zero attached hydrogens (tertiary/aromatic N) is 7. The summed E-state index contributed by atoms with van der Waals surface area (Å²) in [6.07, 6.45) is 5.06. The van der Waals surface area contributed by atoms with E-state index in [0.29, 0.717) is 34.1 Å². The normalized spacial score (nSPS) is 14.3. The number of fused-ring (bicyclic) bond motifs is 1. The Balaban J connectivity index is 1.18. The molecular weight excluding hydrogens is 516 g/mol. The number of carbonyl (C=O) groups is 1. The number of aromatic nitrogens is 5. The standard InChI is InChI=1S/C31H32N8O2/c1-21-17-25(8-7-24(21)20-39-15-13-37(2)14-16-39)34-30(40)23-5-4-6-26(18-23)41-31-27-19-33-38(3)29(27)35-28(36-31)22-9-11-32-12-10-22/h4-12,17-19H,13-16,20H2,1-3H3,(H,34,40). The molecule has 0 aliphatic carbocycles. The molecule has 0 unspecified atom stereocenters. The number of piperazine rings is 1. The van der Waals surface area contributed by atoms with Gasteiger partial charge in [-0.3, -0.25) is 19.4 Å². The van der Waals surface area contributed by atoms with E-state index in [9.17, 15) is 4.79 Å². The number of nitrogens with one attached hydrogen (secondary N) is 1. The minimum atomic E-state index is -0.214. The predicted octanol–water partition coefficient (Wildman–Crippen LogP) is 4.53. The minimum absolute atomic E-state index is 0.214. The van der Waals surface area contributed by atoms with Crippen LogP contribution in [0.2, 0.25) is 0 Å². The lowest BCUT2D eigenvalue weighted by Crippen LogP contribution is -2.43. The van der Waals surface area contributed by atoms with Crippen LogP contribution in [0.1, 0.15) is 21.5 Å². The Morgan fingerprint density at radius 1 is 0.976 bits per heavy atom. The summed E-state index contributed by atoms with van der Waals surface area (Å²) in [4.78, 5) is 31.4. The number of ether oxygens (including phenoxy) is 1. The topological polar surface area (TPSA) is 101 Å². The van der Waals surface area contributed by atoms with Crippen molar-refractivity contribution in [1.82, 2.24) is 34.5 Å². The maximum atomic E-state index is 13.2. The third kappa shape index (κ3) is 5.93. The first-order valence-corrected chi connectivity index (χ1v) is 13.6. The largest absolute Gasteiger partial charge is 0.438 e. The highest BCUT2D eigenvalue weighted by atomic mass is 16.5. The van der Waals surface area contributed by atoms with Crippen LogP contribution in [0.25, 0.3) is 22.4 Å². The third-order valence-corrected chi connectivity index (χ3v) is 7.40. The summed E-state index contributed by atoms with van der Waals surface area (Å²) in [5, 5.41) is 8.03. The molecule has 0 bridgehead atoms. The molecule has 0 radical (unpaired) electrons. The van der Waals surface area contributed by atoms with Crippen molar-refractivity contribution in [3.8, 4) is 23.0 Å². The second-order valence-corrected chi connectivity index (χ2v) is 10.4. The van der Waals surface area contributed by atoms with Crippen molar-refractivity contribution < 1.29 is 9.53 Å². The van der Waals surface area contributed by atoms with Gasteiger partial charge in [0, 0.05) is 69.0 Å². The zero-order valence-electron chi connectivity index (χ0n) is 23.4. The molecule has 10 heteroatoms. The molecule has 208 valence electrons. The first-order valence-electron chi connectivity index (χ1n) is 13.6. The summed E-state index contributed by atoms with van der Waals surface area (Å²) in [5.74, 6) is 1.13. The van der Waals surface area contributed by atoms with E-state index in [4.69, 9.17) is 4.74 Å². The molecular formula is C31H32N8O2. The quantitative estimate of drug-likeness (QED) is 0.317. The van der Waals surface area contributed by atoms with Gasteiger partial charge in [-0.05, 0) is 67.6 Å². The zero-order valence-corrected chi connectivity index (χ0v) is 23.4. The Morgan fingerprint density at radius 3 is 2.56 bits per heavy atom. The molecule has 6 rings (SSSR count). The summed E-state index contributed by atoms with van der Waals surface area (Å²) >= 11 is 0. The van der Waals surface area contributed by atoms with Crippen molar-refractivity contribution in [3.63, 3.8) is 0 Å². The third-order valence-electron chi connectivity index (χ3n) is 7.40. The number of likely N-dealkylation sites (N-methyl/N-ethyl adjacent to an activating group) is 1. The van der Waals surface area contributed by atoms with Crippen LogP contribution in [0.15, 0.2) is 73.2 Å². The Bertz CT molecular complexity index is 1690. The number of anilines is 1. The average Bonchev–Trinajstić information content (AvgIpc) is 3.37. The molecule has 0 spiro atoms. The van der Waals surface area contributed by atoms with Crippen LogP contribution in [0, 0.1) is 6.92 Å². The second kappa shape index (κ2) is 11.4. The minimum Gasteiger partial charge on any atom is -0.438 e. The maximum Gasteiger partial charge on any atom is 0.255 e. The number of aryl methyl sites for hydroxylation is 2. The molecule has 1 amide bonds. The van der Waals surface area contributed by atoms with Gasteiger partial charge < -0.3 is 15.0 Å². The highest BCUT2D eigenvalue weighted by Gasteiger charge is 2.17. The lowest BCUT2D eigenvalue weighted by atomic mass is 10.1. The van der Waals surface area contributed by atoms with Crippen LogP contribution in [0.3, 0.4) is 0 Å². The molecule has 0 saturated carbocycles. The van der Waals surface area contributed by atoms with Crippen molar-refractivity contribution >= 4 is 22.6 Å². The molecule has 1 aliphatic heterocycles. The Hall–Kier alpha value is -4.67. The smallest absolute Gasteiger partial charge is 0.255 e. The summed E-state index contributed by atoms with van der Waals surface area (Å²) in [7, 11) is 3.98. The van der Waals surface area contributed by atoms with Gasteiger partial charge in [-0.2, -0.15) is 10.1 Å². The predicted molar refractivity (Wildman–Crippen MR) is 158 cm³/mol. The van der Waals surface area contributed by atoms with E-state index in [2.05, 4.69) is 55.2 Å². The van der Waals surface area contributed by atoms with Gasteiger partial charge >= 0.3 is 0 Å². The Labute approximate surface area is 238 Å². The number of hydrogen-bond acceptors (Lipinski definition) is 8. The monoisotopic (exact) mass is 548 g/mol. The van der Waals surface area contributed by atoms with E-state index >= 15 is 0 Å². The van der Waals surface area contributed by atoms with Crippen LogP contribution < -0.4 is 10.1 Å². The van der Waals surface area contributed by atoms with Crippen molar-refractivity contribution in [2.75, 3.05) is 38.5 Å². The number of carbonyl (C=O) groups excluding carboxylic acids is 1. The molecule has 3 aromatic heterocycles. The molecule has 1 N–H and O–H groups in total. The molecule has 10 nitrogen and oxygen atoms in total. The number of hydrogen-bond donors (Lipinski definition) is 1. The van der Waals surface area contributed by atoms with Crippen LogP contribution in [-0.2, 0) is 13.6 Å². The zero-order chi connectivity index (χ0) is 28.3. The van der Waals surface area contributed by atoms with Crippen LogP contribution in [0.5, 0.6) is 11.6 Å². The molecule has 1 fully saturated rings. The lowest BCUT2D eigenvalue weighted by Gasteiger charge is -2.32. The second-order valence-electron chi connectivity index (χ2n) is 10.4. The van der Waals surface area contributed by atoms with Gasteiger partial charge in [0.2, 0.25) is 5.88 Å². The first kappa shape index (κ1) is 26.5. The van der Waals surface area contributed by atoms with Gasteiger partial charge in [0.15, 0.2) is 11.5 Å². The van der Waals surface area contributed by atoms with E-state index in [0.717, 1.165) is 49.5 Å². The highest BCUT2D eigenvalue weighted by molar-refractivity contribution is 6.04. The van der Waals surface area contributed by atoms with Crippen molar-refractivity contribution in [1.29, 1.82) is 0 Å². The molecule has 1 aliphatic rings. The van der Waals surface area contributed by atoms with Gasteiger partial charge in [-0.1, -0.05) is 12.1 Å². The van der Waals surface area contributed by atoms with E-state index in [1.807, 2.05) is 31.3 Å². The molecule has 5 aromatic rings. The molecule has 1 saturated heterocycles. The van der Waals surface area contributed by atoms with E-state index in [1.165, 1.54) is 5.56 Å². The van der Waals surface area contributed by atoms with Crippen molar-refractivity contribution in [3.05, 3.63) is 89.9 Å². The van der Waals surface area contributed by atoms with Crippen LogP contribution >= 0.6 is 0 Å². The highest BCUT2D eigenvalue weighted by Crippen LogP contribution is 2.30. The van der Waals surface area contributed by atoms with Gasteiger partial charge in [-0.25, -0.2) is 4.98 Å². The van der Waals surface area contributed by atoms with Gasteiger partial charge in [-0.15, -0.1) is 0 Å². The number of rotatable bonds is 7. The Morgan fingerprint density at radius 2 is 1.78 bits per heavy atom. The van der Waals surface area contributed by atoms with E-state index < -0.39 is 0 Å². The molecule has 4 heterocycles. The fourth-order valence-electron chi connectivity index (χ4n) is 4.92. The first-order chi connectivity index (χ1) is 19.9. The molecule has 0 atom stereocenters. The number of amides is 1. The van der Waals surface area contributed by atoms with Crippen LogP contribution in [-0.4, -0.2) is 73.7 Å². The summed E-state index contributed by atoms with van der Waals surface area (Å²) < 4.78 is 7.89. The lowest BCUT2D eigenvalue weighted by molar-refractivity contribution is 0.102.